The van der Waals surface area contributed by atoms with E-state index in [1.165, 1.54) is 13.1 Å². The van der Waals surface area contributed by atoms with Crippen LogP contribution in [0.5, 0.6) is 11.5 Å². The Kier molecular flexibility index (Phi) is 7.79. The molecule has 0 radical (unpaired) electrons. The van der Waals surface area contributed by atoms with Gasteiger partial charge in [0.25, 0.3) is 5.56 Å². The third-order valence-corrected chi connectivity index (χ3v) is 6.31. The van der Waals surface area contributed by atoms with Crippen molar-refractivity contribution in [3.8, 4) is 11.5 Å². The number of fused-ring (bicyclic) bond motifs is 1. The van der Waals surface area contributed by atoms with E-state index < -0.39 is 40.8 Å². The molecule has 0 fully saturated rings. The normalized spacial score (nSPS) is 13.0. The van der Waals surface area contributed by atoms with Crippen LogP contribution in [0.4, 0.5) is 26.3 Å². The van der Waals surface area contributed by atoms with Gasteiger partial charge in [-0.25, -0.2) is 9.78 Å². The van der Waals surface area contributed by atoms with Crippen molar-refractivity contribution in [1.82, 2.24) is 14.1 Å². The molecule has 212 valence electrons. The lowest BCUT2D eigenvalue weighted by atomic mass is 9.97. The summed E-state index contributed by atoms with van der Waals surface area (Å²) in [5.74, 6) is -0.620. The van der Waals surface area contributed by atoms with E-state index in [1.54, 1.807) is 0 Å². The maximum Gasteiger partial charge on any atom is 0.416 e. The van der Waals surface area contributed by atoms with Gasteiger partial charge in [-0.05, 0) is 42.3 Å². The van der Waals surface area contributed by atoms with E-state index in [9.17, 15) is 41.0 Å². The fraction of sp³-hybridized carbons (Fsp3) is 0.296. The van der Waals surface area contributed by atoms with E-state index in [0.29, 0.717) is 18.9 Å². The average Bonchev–Trinajstić information content (AvgIpc) is 2.90. The van der Waals surface area contributed by atoms with Gasteiger partial charge < -0.3 is 9.84 Å². The molecule has 0 saturated carbocycles. The lowest BCUT2D eigenvalue weighted by Crippen LogP contribution is -2.40. The van der Waals surface area contributed by atoms with Gasteiger partial charge in [0.2, 0.25) is 0 Å². The van der Waals surface area contributed by atoms with Crippen LogP contribution in [0.3, 0.4) is 0 Å². The van der Waals surface area contributed by atoms with Gasteiger partial charge in [0.15, 0.2) is 5.75 Å². The zero-order valence-electron chi connectivity index (χ0n) is 21.2. The molecule has 1 N–H and O–H groups in total. The SMILES string of the molecule is CCCCn1c(=O)c2c(C(O)c3ccc(C(F)(F)F)cc3)c(Oc3cccc(C(F)(F)F)c3)cnc2n(C)c1=O. The second kappa shape index (κ2) is 10.8. The van der Waals surface area contributed by atoms with Gasteiger partial charge in [0, 0.05) is 19.2 Å². The molecule has 4 rings (SSSR count). The van der Waals surface area contributed by atoms with Crippen molar-refractivity contribution in [3.63, 3.8) is 0 Å². The first-order valence-corrected chi connectivity index (χ1v) is 12.1. The number of benzene rings is 2. The molecule has 0 amide bonds. The lowest BCUT2D eigenvalue weighted by Gasteiger charge is -2.20. The molecule has 0 saturated heterocycles. The molecule has 1 atom stereocenters. The molecule has 0 aliphatic carbocycles. The Morgan fingerprint density at radius 1 is 0.975 bits per heavy atom. The fourth-order valence-electron chi connectivity index (χ4n) is 4.21. The minimum atomic E-state index is -4.69. The molecular weight excluding hydrogens is 544 g/mol. The van der Waals surface area contributed by atoms with E-state index in [0.717, 1.165) is 51.7 Å². The van der Waals surface area contributed by atoms with Gasteiger partial charge in [-0.3, -0.25) is 13.9 Å². The standard InChI is InChI=1S/C27H23F6N3O4/c1-3-4-12-36-24(38)21-20(22(37)15-8-10-16(11-9-15)26(28,29)30)19(14-34-23(21)35(2)25(36)39)40-18-7-5-6-17(13-18)27(31,32)33/h5-11,13-14,22,37H,3-4,12H2,1-2H3. The number of unbranched alkanes of at least 4 members (excludes halogenated alkanes) is 1. The Balaban J connectivity index is 1.98. The Morgan fingerprint density at radius 2 is 1.62 bits per heavy atom. The number of aryl methyl sites for hydroxylation is 1. The minimum Gasteiger partial charge on any atom is -0.455 e. The number of ether oxygens (including phenoxy) is 1. The number of rotatable bonds is 7. The molecule has 0 aliphatic rings. The van der Waals surface area contributed by atoms with E-state index in [2.05, 4.69) is 4.98 Å². The first kappa shape index (κ1) is 28.9. The van der Waals surface area contributed by atoms with Crippen molar-refractivity contribution in [2.75, 3.05) is 0 Å². The molecule has 0 aliphatic heterocycles. The number of alkyl halides is 6. The number of hydrogen-bond donors (Lipinski definition) is 1. The van der Waals surface area contributed by atoms with Crippen molar-refractivity contribution < 1.29 is 36.2 Å². The first-order valence-electron chi connectivity index (χ1n) is 12.1. The summed E-state index contributed by atoms with van der Waals surface area (Å²) in [5.41, 5.74) is -4.01. The Morgan fingerprint density at radius 3 is 2.23 bits per heavy atom. The fourth-order valence-corrected chi connectivity index (χ4v) is 4.21. The van der Waals surface area contributed by atoms with Gasteiger partial charge in [-0.1, -0.05) is 31.5 Å². The number of aliphatic hydroxyl groups excluding tert-OH is 1. The first-order chi connectivity index (χ1) is 18.7. The highest BCUT2D eigenvalue weighted by molar-refractivity contribution is 5.81. The molecular formula is C27H23F6N3O4. The van der Waals surface area contributed by atoms with Crippen molar-refractivity contribution in [3.05, 3.63) is 97.8 Å². The van der Waals surface area contributed by atoms with Crippen LogP contribution in [0.2, 0.25) is 0 Å². The quantitative estimate of drug-likeness (QED) is 0.285. The largest absolute Gasteiger partial charge is 0.455 e. The molecule has 1 unspecified atom stereocenters. The maximum absolute atomic E-state index is 13.6. The van der Waals surface area contributed by atoms with Crippen LogP contribution >= 0.6 is 0 Å². The number of aromatic nitrogens is 3. The van der Waals surface area contributed by atoms with Crippen LogP contribution in [-0.4, -0.2) is 19.2 Å². The Hall–Kier alpha value is -4.13. The van der Waals surface area contributed by atoms with Gasteiger partial charge in [-0.2, -0.15) is 26.3 Å². The molecule has 4 aromatic rings. The highest BCUT2D eigenvalue weighted by atomic mass is 19.4. The summed E-state index contributed by atoms with van der Waals surface area (Å²) in [5, 5.41) is 11.1. The third-order valence-electron chi connectivity index (χ3n) is 6.31. The average molecular weight is 567 g/mol. The summed E-state index contributed by atoms with van der Waals surface area (Å²) in [4.78, 5) is 30.6. The summed E-state index contributed by atoms with van der Waals surface area (Å²) >= 11 is 0. The molecule has 2 aromatic heterocycles. The van der Waals surface area contributed by atoms with Crippen LogP contribution in [-0.2, 0) is 25.9 Å². The van der Waals surface area contributed by atoms with Crippen LogP contribution in [0.15, 0.2) is 64.3 Å². The van der Waals surface area contributed by atoms with E-state index >= 15 is 0 Å². The number of pyridine rings is 1. The smallest absolute Gasteiger partial charge is 0.416 e. The molecule has 0 spiro atoms. The van der Waals surface area contributed by atoms with Gasteiger partial charge in [0.05, 0.1) is 22.7 Å². The predicted molar refractivity (Wildman–Crippen MR) is 133 cm³/mol. The summed E-state index contributed by atoms with van der Waals surface area (Å²) < 4.78 is 86.8. The van der Waals surface area contributed by atoms with Crippen molar-refractivity contribution in [2.24, 2.45) is 7.05 Å². The molecule has 2 aromatic carbocycles. The van der Waals surface area contributed by atoms with Crippen LogP contribution < -0.4 is 16.0 Å². The highest BCUT2D eigenvalue weighted by Gasteiger charge is 2.32. The summed E-state index contributed by atoms with van der Waals surface area (Å²) in [6.07, 6.45) is -8.97. The molecule has 2 heterocycles. The van der Waals surface area contributed by atoms with Crippen molar-refractivity contribution in [2.45, 2.75) is 44.8 Å². The second-order valence-corrected chi connectivity index (χ2v) is 9.04. The summed E-state index contributed by atoms with van der Waals surface area (Å²) in [6.45, 7) is 1.88. The molecule has 13 heteroatoms. The van der Waals surface area contributed by atoms with E-state index in [4.69, 9.17) is 4.74 Å². The third kappa shape index (κ3) is 5.60. The van der Waals surface area contributed by atoms with Gasteiger partial charge in [-0.15, -0.1) is 0 Å². The second-order valence-electron chi connectivity index (χ2n) is 9.04. The summed E-state index contributed by atoms with van der Waals surface area (Å²) in [7, 11) is 1.35. The minimum absolute atomic E-state index is 0.0342. The van der Waals surface area contributed by atoms with Crippen molar-refractivity contribution in [1.29, 1.82) is 0 Å². The number of nitrogens with zero attached hydrogens (tertiary/aromatic N) is 3. The monoisotopic (exact) mass is 567 g/mol. The van der Waals surface area contributed by atoms with E-state index in [-0.39, 0.29) is 40.2 Å². The topological polar surface area (TPSA) is 86.3 Å². The maximum atomic E-state index is 13.6. The van der Waals surface area contributed by atoms with Gasteiger partial charge in [0.1, 0.15) is 17.5 Å². The highest BCUT2D eigenvalue weighted by Crippen LogP contribution is 2.39. The van der Waals surface area contributed by atoms with Crippen LogP contribution in [0, 0.1) is 0 Å². The van der Waals surface area contributed by atoms with Crippen LogP contribution in [0.1, 0.15) is 48.1 Å². The van der Waals surface area contributed by atoms with Crippen molar-refractivity contribution >= 4 is 11.0 Å². The molecule has 7 nitrogen and oxygen atoms in total. The molecule has 40 heavy (non-hydrogen) atoms. The van der Waals surface area contributed by atoms with Gasteiger partial charge >= 0.3 is 18.0 Å². The summed E-state index contributed by atoms with van der Waals surface area (Å²) in [6, 6.07) is 7.34. The Bertz CT molecular complexity index is 1660. The zero-order valence-corrected chi connectivity index (χ0v) is 21.2. The Labute approximate surface area is 222 Å². The number of halogens is 6. The van der Waals surface area contributed by atoms with E-state index in [1.807, 2.05) is 6.92 Å². The number of aliphatic hydroxyl groups is 1. The predicted octanol–water partition coefficient (Wildman–Crippen LogP) is 5.81. The lowest BCUT2D eigenvalue weighted by molar-refractivity contribution is -0.138. The van der Waals surface area contributed by atoms with Crippen LogP contribution in [0.25, 0.3) is 11.0 Å². The molecule has 0 bridgehead atoms. The number of hydrogen-bond acceptors (Lipinski definition) is 5. The zero-order chi connectivity index (χ0) is 29.4.